The maximum absolute atomic E-state index is 12.9. The molecule has 1 heterocycles. The van der Waals surface area contributed by atoms with E-state index in [0.29, 0.717) is 35.0 Å². The largest absolute Gasteiger partial charge is 0.351 e. The van der Waals surface area contributed by atoms with Gasteiger partial charge < -0.3 is 15.5 Å². The van der Waals surface area contributed by atoms with E-state index in [1.165, 1.54) is 12.1 Å². The first-order chi connectivity index (χ1) is 11.4. The molecule has 0 saturated carbocycles. The summed E-state index contributed by atoms with van der Waals surface area (Å²) in [5.74, 6) is -0.114. The van der Waals surface area contributed by atoms with E-state index in [4.69, 9.17) is 12.2 Å². The number of thiocarbonyl (C=S) groups is 1. The van der Waals surface area contributed by atoms with Crippen LogP contribution in [0.25, 0.3) is 0 Å². The monoisotopic (exact) mass is 348 g/mol. The maximum atomic E-state index is 12.9. The number of benzene rings is 1. The minimum atomic E-state index is -0.522. The van der Waals surface area contributed by atoms with Gasteiger partial charge in [-0.2, -0.15) is 0 Å². The van der Waals surface area contributed by atoms with Crippen molar-refractivity contribution in [2.75, 3.05) is 13.1 Å². The molecule has 0 aliphatic carbocycles. The Morgan fingerprint density at radius 2 is 2.04 bits per heavy atom. The topological polar surface area (TPSA) is 87.5 Å². The van der Waals surface area contributed by atoms with Gasteiger partial charge in [0.15, 0.2) is 5.11 Å². The summed E-state index contributed by atoms with van der Waals surface area (Å²) in [5, 5.41) is 17.5. The first-order valence-electron chi connectivity index (χ1n) is 7.70. The SMILES string of the molecule is CCN(CC)C(=O)C1=C(C)NC(=S)NC1c1cccc([N+](=O)[O-])c1. The molecule has 0 aromatic heterocycles. The van der Waals surface area contributed by atoms with Crippen LogP contribution < -0.4 is 10.6 Å². The number of hydrogen-bond donors (Lipinski definition) is 2. The van der Waals surface area contributed by atoms with E-state index in [9.17, 15) is 14.9 Å². The zero-order valence-electron chi connectivity index (χ0n) is 13.8. The Labute approximate surface area is 145 Å². The third-order valence-electron chi connectivity index (χ3n) is 3.96. The van der Waals surface area contributed by atoms with Gasteiger partial charge in [0.25, 0.3) is 11.6 Å². The van der Waals surface area contributed by atoms with Crippen LogP contribution in [0.5, 0.6) is 0 Å². The van der Waals surface area contributed by atoms with Crippen molar-refractivity contribution in [3.05, 3.63) is 51.2 Å². The number of nitro groups is 1. The van der Waals surface area contributed by atoms with Gasteiger partial charge >= 0.3 is 0 Å². The quantitative estimate of drug-likeness (QED) is 0.482. The molecule has 0 radical (unpaired) electrons. The minimum Gasteiger partial charge on any atom is -0.351 e. The molecule has 24 heavy (non-hydrogen) atoms. The Kier molecular flexibility index (Phi) is 5.50. The van der Waals surface area contributed by atoms with E-state index >= 15 is 0 Å². The van der Waals surface area contributed by atoms with Crippen molar-refractivity contribution < 1.29 is 9.72 Å². The molecule has 0 saturated heterocycles. The van der Waals surface area contributed by atoms with Crippen LogP contribution in [0.1, 0.15) is 32.4 Å². The summed E-state index contributed by atoms with van der Waals surface area (Å²) in [5.41, 5.74) is 1.79. The molecule has 1 atom stereocenters. The highest BCUT2D eigenvalue weighted by Crippen LogP contribution is 2.30. The minimum absolute atomic E-state index is 0.0222. The van der Waals surface area contributed by atoms with E-state index in [1.807, 2.05) is 13.8 Å². The van der Waals surface area contributed by atoms with Gasteiger partial charge in [0.05, 0.1) is 16.5 Å². The number of amides is 1. The molecule has 8 heteroatoms. The van der Waals surface area contributed by atoms with Gasteiger partial charge in [-0.1, -0.05) is 12.1 Å². The predicted octanol–water partition coefficient (Wildman–Crippen LogP) is 2.26. The first kappa shape index (κ1) is 17.9. The molecule has 0 fully saturated rings. The summed E-state index contributed by atoms with van der Waals surface area (Å²) < 4.78 is 0. The van der Waals surface area contributed by atoms with Crippen molar-refractivity contribution in [3.63, 3.8) is 0 Å². The van der Waals surface area contributed by atoms with Crippen LogP contribution >= 0.6 is 12.2 Å². The number of hydrogen-bond acceptors (Lipinski definition) is 4. The molecular formula is C16H20N4O3S. The number of allylic oxidation sites excluding steroid dienone is 1. The van der Waals surface area contributed by atoms with Crippen molar-refractivity contribution in [3.8, 4) is 0 Å². The van der Waals surface area contributed by atoms with Crippen LogP contribution in [-0.2, 0) is 4.79 Å². The van der Waals surface area contributed by atoms with Crippen LogP contribution in [0.3, 0.4) is 0 Å². The second-order valence-corrected chi connectivity index (χ2v) is 5.81. The summed E-state index contributed by atoms with van der Waals surface area (Å²) >= 11 is 5.19. The highest BCUT2D eigenvalue weighted by molar-refractivity contribution is 7.80. The fraction of sp³-hybridized carbons (Fsp3) is 0.375. The molecule has 1 amide bonds. The number of non-ortho nitro benzene ring substituents is 1. The molecule has 2 rings (SSSR count). The average Bonchev–Trinajstić information content (AvgIpc) is 2.55. The number of nitrogens with zero attached hydrogens (tertiary/aromatic N) is 2. The molecule has 1 unspecified atom stereocenters. The summed E-state index contributed by atoms with van der Waals surface area (Å²) in [4.78, 5) is 25.2. The predicted molar refractivity (Wildman–Crippen MR) is 95.3 cm³/mol. The molecule has 1 aromatic carbocycles. The molecule has 1 aliphatic heterocycles. The van der Waals surface area contributed by atoms with Crippen LogP contribution in [0, 0.1) is 10.1 Å². The van der Waals surface area contributed by atoms with Crippen LogP contribution in [-0.4, -0.2) is 33.9 Å². The lowest BCUT2D eigenvalue weighted by Gasteiger charge is -2.32. The van der Waals surface area contributed by atoms with E-state index in [2.05, 4.69) is 10.6 Å². The maximum Gasteiger partial charge on any atom is 0.269 e. The second kappa shape index (κ2) is 7.39. The third kappa shape index (κ3) is 3.53. The van der Waals surface area contributed by atoms with Gasteiger partial charge in [-0.25, -0.2) is 0 Å². The molecule has 0 spiro atoms. The van der Waals surface area contributed by atoms with Crippen LogP contribution in [0.15, 0.2) is 35.5 Å². The zero-order valence-corrected chi connectivity index (χ0v) is 14.6. The number of rotatable bonds is 5. The Balaban J connectivity index is 2.51. The summed E-state index contributed by atoms with van der Waals surface area (Å²) in [6, 6.07) is 5.72. The molecule has 2 N–H and O–H groups in total. The zero-order chi connectivity index (χ0) is 17.9. The molecule has 7 nitrogen and oxygen atoms in total. The van der Waals surface area contributed by atoms with Gasteiger partial charge in [0.2, 0.25) is 0 Å². The van der Waals surface area contributed by atoms with Crippen LogP contribution in [0.4, 0.5) is 5.69 Å². The van der Waals surface area contributed by atoms with Gasteiger partial charge in [0, 0.05) is 30.9 Å². The second-order valence-electron chi connectivity index (χ2n) is 5.40. The van der Waals surface area contributed by atoms with Crippen molar-refractivity contribution in [1.29, 1.82) is 0 Å². The smallest absolute Gasteiger partial charge is 0.269 e. The number of nitrogens with one attached hydrogen (secondary N) is 2. The average molecular weight is 348 g/mol. The lowest BCUT2D eigenvalue weighted by atomic mass is 9.94. The van der Waals surface area contributed by atoms with Crippen molar-refractivity contribution in [1.82, 2.24) is 15.5 Å². The fourth-order valence-corrected chi connectivity index (χ4v) is 3.00. The molecule has 128 valence electrons. The Morgan fingerprint density at radius 1 is 1.38 bits per heavy atom. The number of carbonyl (C=O) groups excluding carboxylic acids is 1. The molecule has 1 aliphatic rings. The van der Waals surface area contributed by atoms with E-state index < -0.39 is 11.0 Å². The van der Waals surface area contributed by atoms with Gasteiger partial charge in [-0.05, 0) is 38.6 Å². The van der Waals surface area contributed by atoms with Crippen LogP contribution in [0.2, 0.25) is 0 Å². The van der Waals surface area contributed by atoms with E-state index in [-0.39, 0.29) is 11.6 Å². The molecule has 0 bridgehead atoms. The molecular weight excluding hydrogens is 328 g/mol. The lowest BCUT2D eigenvalue weighted by molar-refractivity contribution is -0.384. The number of carbonyl (C=O) groups is 1. The van der Waals surface area contributed by atoms with Gasteiger partial charge in [0.1, 0.15) is 0 Å². The molecule has 1 aromatic rings. The van der Waals surface area contributed by atoms with Crippen molar-refractivity contribution in [2.45, 2.75) is 26.8 Å². The lowest BCUT2D eigenvalue weighted by Crippen LogP contribution is -2.47. The Bertz CT molecular complexity index is 713. The highest BCUT2D eigenvalue weighted by Gasteiger charge is 2.32. The van der Waals surface area contributed by atoms with Gasteiger partial charge in [-0.3, -0.25) is 14.9 Å². The first-order valence-corrected chi connectivity index (χ1v) is 8.11. The Hall–Kier alpha value is -2.48. The Morgan fingerprint density at radius 3 is 2.62 bits per heavy atom. The van der Waals surface area contributed by atoms with E-state index in [1.54, 1.807) is 24.0 Å². The summed E-state index contributed by atoms with van der Waals surface area (Å²) in [7, 11) is 0. The standard InChI is InChI=1S/C16H20N4O3S/c1-4-19(5-2)15(21)13-10(3)17-16(24)18-14(13)11-7-6-8-12(9-11)20(22)23/h6-9,14H,4-5H2,1-3H3,(H2,17,18,24). The van der Waals surface area contributed by atoms with Crippen molar-refractivity contribution >= 4 is 28.9 Å². The van der Waals surface area contributed by atoms with E-state index in [0.717, 1.165) is 0 Å². The van der Waals surface area contributed by atoms with Gasteiger partial charge in [-0.15, -0.1) is 0 Å². The number of nitro benzene ring substituents is 1. The normalized spacial score (nSPS) is 17.1. The summed E-state index contributed by atoms with van der Waals surface area (Å²) in [6.45, 7) is 6.77. The summed E-state index contributed by atoms with van der Waals surface area (Å²) in [6.07, 6.45) is 0. The number of likely N-dealkylation sites (N-methyl/N-ethyl adjacent to an activating group) is 1. The van der Waals surface area contributed by atoms with Crippen molar-refractivity contribution in [2.24, 2.45) is 0 Å². The highest BCUT2D eigenvalue weighted by atomic mass is 32.1. The third-order valence-corrected chi connectivity index (χ3v) is 4.18. The fourth-order valence-electron chi connectivity index (χ4n) is 2.73.